The molecular formula is C14H19N3O5. The molecule has 120 valence electrons. The standard InChI is InChI=1S/C14H19N3O5/c1-8(2)22-11-4-3-9(7-10(11)13(15)20)17-14(21)16-6-5-12(18)19/h3-4,7-8H,5-6H2,1-2H3,(H2,15,20)(H,18,19)(H2,16,17,21). The number of hydrogen-bond acceptors (Lipinski definition) is 4. The third-order valence-corrected chi connectivity index (χ3v) is 2.49. The number of hydrogen-bond donors (Lipinski definition) is 4. The van der Waals surface area contributed by atoms with E-state index in [9.17, 15) is 14.4 Å². The Labute approximate surface area is 127 Å². The van der Waals surface area contributed by atoms with Gasteiger partial charge < -0.3 is 26.2 Å². The van der Waals surface area contributed by atoms with E-state index in [0.717, 1.165) is 0 Å². The van der Waals surface area contributed by atoms with Crippen molar-refractivity contribution in [2.75, 3.05) is 11.9 Å². The Kier molecular flexibility index (Phi) is 6.18. The number of urea groups is 1. The van der Waals surface area contributed by atoms with Gasteiger partial charge in [-0.05, 0) is 32.0 Å². The number of aliphatic carboxylic acids is 1. The lowest BCUT2D eigenvalue weighted by Gasteiger charge is -2.14. The highest BCUT2D eigenvalue weighted by Gasteiger charge is 2.13. The number of primary amides is 1. The molecule has 5 N–H and O–H groups in total. The summed E-state index contributed by atoms with van der Waals surface area (Å²) in [4.78, 5) is 33.4. The summed E-state index contributed by atoms with van der Waals surface area (Å²) in [6.07, 6.45) is -0.308. The van der Waals surface area contributed by atoms with Gasteiger partial charge in [0.2, 0.25) is 0 Å². The van der Waals surface area contributed by atoms with Crippen molar-refractivity contribution >= 4 is 23.6 Å². The van der Waals surface area contributed by atoms with E-state index < -0.39 is 17.9 Å². The number of anilines is 1. The van der Waals surface area contributed by atoms with E-state index in [2.05, 4.69) is 10.6 Å². The van der Waals surface area contributed by atoms with Gasteiger partial charge in [-0.3, -0.25) is 9.59 Å². The van der Waals surface area contributed by atoms with Gasteiger partial charge in [0.05, 0.1) is 18.1 Å². The second-order valence-electron chi connectivity index (χ2n) is 4.77. The number of rotatable bonds is 7. The van der Waals surface area contributed by atoms with E-state index in [-0.39, 0.29) is 24.6 Å². The van der Waals surface area contributed by atoms with Gasteiger partial charge >= 0.3 is 12.0 Å². The van der Waals surface area contributed by atoms with E-state index in [1.54, 1.807) is 6.07 Å². The maximum absolute atomic E-state index is 11.6. The zero-order chi connectivity index (χ0) is 16.7. The Hall–Kier alpha value is -2.77. The van der Waals surface area contributed by atoms with Gasteiger partial charge in [-0.1, -0.05) is 0 Å². The zero-order valence-electron chi connectivity index (χ0n) is 12.4. The van der Waals surface area contributed by atoms with Gasteiger partial charge in [0.1, 0.15) is 5.75 Å². The molecule has 0 aliphatic carbocycles. The van der Waals surface area contributed by atoms with E-state index in [4.69, 9.17) is 15.6 Å². The van der Waals surface area contributed by atoms with Crippen LogP contribution >= 0.6 is 0 Å². The topological polar surface area (TPSA) is 131 Å². The quantitative estimate of drug-likeness (QED) is 0.600. The van der Waals surface area contributed by atoms with Gasteiger partial charge in [0.25, 0.3) is 5.91 Å². The highest BCUT2D eigenvalue weighted by molar-refractivity contribution is 5.98. The number of benzene rings is 1. The minimum Gasteiger partial charge on any atom is -0.490 e. The first-order valence-corrected chi connectivity index (χ1v) is 6.66. The number of nitrogens with one attached hydrogen (secondary N) is 2. The lowest BCUT2D eigenvalue weighted by molar-refractivity contribution is -0.136. The van der Waals surface area contributed by atoms with Crippen LogP contribution in [-0.4, -0.2) is 35.7 Å². The summed E-state index contributed by atoms with van der Waals surface area (Å²) in [5.74, 6) is -1.35. The monoisotopic (exact) mass is 309 g/mol. The third kappa shape index (κ3) is 5.70. The fourth-order valence-electron chi connectivity index (χ4n) is 1.62. The molecule has 0 aliphatic rings. The first-order chi connectivity index (χ1) is 10.3. The molecule has 0 heterocycles. The summed E-state index contributed by atoms with van der Waals surface area (Å²) in [6, 6.07) is 3.92. The van der Waals surface area contributed by atoms with Crippen LogP contribution in [0.25, 0.3) is 0 Å². The van der Waals surface area contributed by atoms with Gasteiger partial charge in [-0.25, -0.2) is 4.79 Å². The van der Waals surface area contributed by atoms with Crippen LogP contribution in [0.15, 0.2) is 18.2 Å². The molecule has 0 aromatic heterocycles. The Bertz CT molecular complexity index is 572. The smallest absolute Gasteiger partial charge is 0.319 e. The molecule has 0 atom stereocenters. The molecule has 0 fully saturated rings. The number of carbonyl (C=O) groups excluding carboxylic acids is 2. The van der Waals surface area contributed by atoms with E-state index in [1.807, 2.05) is 13.8 Å². The Morgan fingerprint density at radius 2 is 2.00 bits per heavy atom. The van der Waals surface area contributed by atoms with Crippen LogP contribution in [0.4, 0.5) is 10.5 Å². The molecule has 0 bridgehead atoms. The van der Waals surface area contributed by atoms with Crippen LogP contribution in [0.3, 0.4) is 0 Å². The van der Waals surface area contributed by atoms with E-state index in [1.165, 1.54) is 12.1 Å². The van der Waals surface area contributed by atoms with Crippen molar-refractivity contribution in [3.63, 3.8) is 0 Å². The summed E-state index contributed by atoms with van der Waals surface area (Å²) in [7, 11) is 0. The largest absolute Gasteiger partial charge is 0.490 e. The second kappa shape index (κ2) is 7.87. The van der Waals surface area contributed by atoms with Crippen molar-refractivity contribution < 1.29 is 24.2 Å². The van der Waals surface area contributed by atoms with Crippen LogP contribution in [-0.2, 0) is 4.79 Å². The summed E-state index contributed by atoms with van der Waals surface area (Å²) in [5.41, 5.74) is 5.79. The number of carboxylic acid groups (broad SMARTS) is 1. The first kappa shape index (κ1) is 17.3. The Balaban J connectivity index is 2.75. The van der Waals surface area contributed by atoms with Crippen LogP contribution in [0.2, 0.25) is 0 Å². The van der Waals surface area contributed by atoms with Crippen LogP contribution in [0.5, 0.6) is 5.75 Å². The van der Waals surface area contributed by atoms with Crippen LogP contribution in [0.1, 0.15) is 30.6 Å². The molecular weight excluding hydrogens is 290 g/mol. The number of carbonyl (C=O) groups is 3. The fourth-order valence-corrected chi connectivity index (χ4v) is 1.62. The molecule has 8 heteroatoms. The van der Waals surface area contributed by atoms with Crippen molar-refractivity contribution in [1.29, 1.82) is 0 Å². The summed E-state index contributed by atoms with van der Waals surface area (Å²) >= 11 is 0. The molecule has 1 aromatic carbocycles. The molecule has 1 rings (SSSR count). The molecule has 3 amide bonds. The average Bonchev–Trinajstić information content (AvgIpc) is 2.39. The molecule has 0 radical (unpaired) electrons. The van der Waals surface area contributed by atoms with Gasteiger partial charge in [0.15, 0.2) is 0 Å². The van der Waals surface area contributed by atoms with E-state index >= 15 is 0 Å². The Morgan fingerprint density at radius 1 is 1.32 bits per heavy atom. The molecule has 0 saturated carbocycles. The lowest BCUT2D eigenvalue weighted by Crippen LogP contribution is -2.30. The fraction of sp³-hybridized carbons (Fsp3) is 0.357. The second-order valence-corrected chi connectivity index (χ2v) is 4.77. The maximum atomic E-state index is 11.6. The molecule has 0 unspecified atom stereocenters. The van der Waals surface area contributed by atoms with Crippen molar-refractivity contribution in [1.82, 2.24) is 5.32 Å². The number of carboxylic acids is 1. The molecule has 0 saturated heterocycles. The highest BCUT2D eigenvalue weighted by atomic mass is 16.5. The van der Waals surface area contributed by atoms with Crippen LogP contribution in [0, 0.1) is 0 Å². The van der Waals surface area contributed by atoms with Crippen molar-refractivity contribution in [3.05, 3.63) is 23.8 Å². The SMILES string of the molecule is CC(C)Oc1ccc(NC(=O)NCCC(=O)O)cc1C(N)=O. The summed E-state index contributed by atoms with van der Waals surface area (Å²) < 4.78 is 5.46. The zero-order valence-corrected chi connectivity index (χ0v) is 12.4. The van der Waals surface area contributed by atoms with Crippen molar-refractivity contribution in [2.45, 2.75) is 26.4 Å². The molecule has 8 nitrogen and oxygen atoms in total. The summed E-state index contributed by atoms with van der Waals surface area (Å²) in [6.45, 7) is 3.62. The van der Waals surface area contributed by atoms with Crippen molar-refractivity contribution in [2.24, 2.45) is 5.73 Å². The molecule has 0 aliphatic heterocycles. The highest BCUT2D eigenvalue weighted by Crippen LogP contribution is 2.23. The predicted octanol–water partition coefficient (Wildman–Crippen LogP) is 1.17. The molecule has 22 heavy (non-hydrogen) atoms. The number of ether oxygens (including phenoxy) is 1. The minimum atomic E-state index is -1.01. The first-order valence-electron chi connectivity index (χ1n) is 6.66. The Morgan fingerprint density at radius 3 is 2.55 bits per heavy atom. The van der Waals surface area contributed by atoms with Gasteiger partial charge in [-0.2, -0.15) is 0 Å². The number of amides is 3. The number of nitrogens with two attached hydrogens (primary N) is 1. The molecule has 1 aromatic rings. The van der Waals surface area contributed by atoms with Crippen molar-refractivity contribution in [3.8, 4) is 5.75 Å². The van der Waals surface area contributed by atoms with E-state index in [0.29, 0.717) is 11.4 Å². The lowest BCUT2D eigenvalue weighted by atomic mass is 10.1. The van der Waals surface area contributed by atoms with Crippen LogP contribution < -0.4 is 21.1 Å². The van der Waals surface area contributed by atoms with Gasteiger partial charge in [0, 0.05) is 12.2 Å². The van der Waals surface area contributed by atoms with Gasteiger partial charge in [-0.15, -0.1) is 0 Å². The molecule has 0 spiro atoms. The maximum Gasteiger partial charge on any atom is 0.319 e. The summed E-state index contributed by atoms with van der Waals surface area (Å²) in [5, 5.41) is 13.3. The normalized spacial score (nSPS) is 10.1. The average molecular weight is 309 g/mol. The predicted molar refractivity (Wildman–Crippen MR) is 80.0 cm³/mol. The minimum absolute atomic E-state index is 0.00160. The third-order valence-electron chi connectivity index (χ3n) is 2.49.